The number of hydrogen-bond acceptors (Lipinski definition) is 2. The Hall–Kier alpha value is 0.880. The topological polar surface area (TPSA) is 24.1 Å². The van der Waals surface area contributed by atoms with E-state index < -0.39 is 0 Å². The molecule has 0 radical (unpaired) electrons. The third-order valence-corrected chi connectivity index (χ3v) is 5.30. The molecule has 2 rings (SSSR count). The minimum absolute atomic E-state index is 0.635. The van der Waals surface area contributed by atoms with E-state index in [9.17, 15) is 0 Å². The van der Waals surface area contributed by atoms with Gasteiger partial charge in [0.1, 0.15) is 0 Å². The second-order valence-corrected chi connectivity index (χ2v) is 5.65. The summed E-state index contributed by atoms with van der Waals surface area (Å²) in [6, 6.07) is 1.38. The number of halogens is 2. The molecular weight excluding hydrogens is 272 g/mol. The minimum Gasteiger partial charge on any atom is -0.300 e. The quantitative estimate of drug-likeness (QED) is 0.653. The van der Waals surface area contributed by atoms with Crippen LogP contribution in [0, 0.1) is 0 Å². The Kier molecular flexibility index (Phi) is 2.56. The van der Waals surface area contributed by atoms with Gasteiger partial charge in [0.25, 0.3) is 0 Å². The highest BCUT2D eigenvalue weighted by Gasteiger charge is 2.36. The summed E-state index contributed by atoms with van der Waals surface area (Å²) in [4.78, 5) is 1.27. The molecule has 0 aromatic carbocycles. The molecule has 64 valence electrons. The Morgan fingerprint density at radius 2 is 1.36 bits per heavy atom. The van der Waals surface area contributed by atoms with Crippen LogP contribution in [0.25, 0.3) is 0 Å². The van der Waals surface area contributed by atoms with Crippen molar-refractivity contribution in [3.8, 4) is 0 Å². The second-order valence-electron chi connectivity index (χ2n) is 3.30. The van der Waals surface area contributed by atoms with E-state index in [-0.39, 0.29) is 0 Å². The summed E-state index contributed by atoms with van der Waals surface area (Å²) < 4.78 is 0. The van der Waals surface area contributed by atoms with Crippen LogP contribution in [0.3, 0.4) is 0 Å². The van der Waals surface area contributed by atoms with E-state index in [0.717, 1.165) is 6.67 Å². The molecule has 2 fully saturated rings. The molecule has 0 spiro atoms. The molecule has 0 aromatic rings. The number of hydrogen-bond donors (Lipinski definition) is 2. The molecule has 1 saturated heterocycles. The maximum atomic E-state index is 3.68. The van der Waals surface area contributed by atoms with Gasteiger partial charge in [-0.3, -0.25) is 0 Å². The average Bonchev–Trinajstić information content (AvgIpc) is 2.36. The van der Waals surface area contributed by atoms with Crippen molar-refractivity contribution in [2.75, 3.05) is 6.67 Å². The third-order valence-electron chi connectivity index (χ3n) is 2.56. The Morgan fingerprint density at radius 1 is 0.909 bits per heavy atom. The van der Waals surface area contributed by atoms with E-state index in [2.05, 4.69) is 42.5 Å². The average molecular weight is 284 g/mol. The first-order valence-electron chi connectivity index (χ1n) is 4.02. The number of rotatable bonds is 0. The first-order chi connectivity index (χ1) is 5.27. The van der Waals surface area contributed by atoms with Crippen LogP contribution in [0.5, 0.6) is 0 Å². The third kappa shape index (κ3) is 1.64. The maximum Gasteiger partial charge on any atom is 0.0459 e. The van der Waals surface area contributed by atoms with Gasteiger partial charge in [0, 0.05) is 28.4 Å². The predicted octanol–water partition coefficient (Wildman–Crippen LogP) is 1.19. The fourth-order valence-electron chi connectivity index (χ4n) is 1.88. The number of alkyl halides is 2. The summed E-state index contributed by atoms with van der Waals surface area (Å²) >= 11 is 7.35. The molecular formula is C7H12Br2N2. The van der Waals surface area contributed by atoms with E-state index in [1.807, 2.05) is 0 Å². The Morgan fingerprint density at radius 3 is 1.82 bits per heavy atom. The van der Waals surface area contributed by atoms with Gasteiger partial charge in [-0.2, -0.15) is 0 Å². The maximum absolute atomic E-state index is 3.68. The van der Waals surface area contributed by atoms with Crippen LogP contribution in [0.4, 0.5) is 0 Å². The van der Waals surface area contributed by atoms with Crippen LogP contribution in [0.2, 0.25) is 0 Å². The molecule has 4 atom stereocenters. The van der Waals surface area contributed by atoms with Crippen molar-refractivity contribution in [1.82, 2.24) is 10.6 Å². The molecule has 0 aromatic heterocycles. The summed E-state index contributed by atoms with van der Waals surface area (Å²) in [6.45, 7) is 0.981. The van der Waals surface area contributed by atoms with Crippen molar-refractivity contribution in [2.45, 2.75) is 34.6 Å². The monoisotopic (exact) mass is 282 g/mol. The minimum atomic E-state index is 0.635. The zero-order chi connectivity index (χ0) is 7.84. The van der Waals surface area contributed by atoms with Gasteiger partial charge in [-0.15, -0.1) is 0 Å². The van der Waals surface area contributed by atoms with E-state index in [4.69, 9.17) is 0 Å². The first-order valence-corrected chi connectivity index (χ1v) is 5.85. The van der Waals surface area contributed by atoms with Crippen LogP contribution in [-0.4, -0.2) is 28.4 Å². The van der Waals surface area contributed by atoms with Gasteiger partial charge in [0.05, 0.1) is 0 Å². The van der Waals surface area contributed by atoms with Crippen molar-refractivity contribution in [1.29, 1.82) is 0 Å². The molecule has 1 heterocycles. The molecule has 1 saturated carbocycles. The van der Waals surface area contributed by atoms with Crippen LogP contribution in [-0.2, 0) is 0 Å². The van der Waals surface area contributed by atoms with Crippen molar-refractivity contribution in [3.05, 3.63) is 0 Å². The van der Waals surface area contributed by atoms with Gasteiger partial charge < -0.3 is 10.6 Å². The highest BCUT2D eigenvalue weighted by molar-refractivity contribution is 9.12. The van der Waals surface area contributed by atoms with Gasteiger partial charge in [-0.25, -0.2) is 0 Å². The van der Waals surface area contributed by atoms with E-state index >= 15 is 0 Å². The Labute approximate surface area is 83.8 Å². The molecule has 2 aliphatic rings. The molecule has 0 bridgehead atoms. The zero-order valence-corrected chi connectivity index (χ0v) is 9.36. The first kappa shape index (κ1) is 8.48. The Bertz CT molecular complexity index is 137. The lowest BCUT2D eigenvalue weighted by Crippen LogP contribution is -2.44. The van der Waals surface area contributed by atoms with Crippen LogP contribution in [0.1, 0.15) is 12.8 Å². The lowest BCUT2D eigenvalue weighted by Gasteiger charge is -2.32. The summed E-state index contributed by atoms with van der Waals surface area (Å²) in [5.41, 5.74) is 0. The van der Waals surface area contributed by atoms with E-state index in [0.29, 0.717) is 21.7 Å². The van der Waals surface area contributed by atoms with E-state index in [1.165, 1.54) is 12.8 Å². The molecule has 4 unspecified atom stereocenters. The summed E-state index contributed by atoms with van der Waals surface area (Å²) in [5.74, 6) is 0. The highest BCUT2D eigenvalue weighted by Crippen LogP contribution is 2.31. The standard InChI is InChI=1S/C7H12Br2N2/c8-4-1-6-7(2-5(4)9)11-3-10-6/h4-7,10-11H,1-3H2. The predicted molar refractivity (Wildman–Crippen MR) is 53.4 cm³/mol. The largest absolute Gasteiger partial charge is 0.300 e. The molecule has 1 aliphatic carbocycles. The summed E-state index contributed by atoms with van der Waals surface area (Å²) in [6.07, 6.45) is 2.46. The fourth-order valence-corrected chi connectivity index (χ4v) is 3.12. The van der Waals surface area contributed by atoms with Crippen LogP contribution in [0.15, 0.2) is 0 Å². The molecule has 0 amide bonds. The summed E-state index contributed by atoms with van der Waals surface area (Å²) in [7, 11) is 0. The second kappa shape index (κ2) is 3.32. The van der Waals surface area contributed by atoms with Gasteiger partial charge in [0.2, 0.25) is 0 Å². The van der Waals surface area contributed by atoms with E-state index in [1.54, 1.807) is 0 Å². The lowest BCUT2D eigenvalue weighted by atomic mass is 9.92. The lowest BCUT2D eigenvalue weighted by molar-refractivity contribution is 0.395. The van der Waals surface area contributed by atoms with Crippen molar-refractivity contribution < 1.29 is 0 Å². The van der Waals surface area contributed by atoms with Gasteiger partial charge in [0.15, 0.2) is 0 Å². The molecule has 2 nitrogen and oxygen atoms in total. The number of nitrogens with one attached hydrogen (secondary N) is 2. The van der Waals surface area contributed by atoms with Crippen molar-refractivity contribution >= 4 is 31.9 Å². The summed E-state index contributed by atoms with van der Waals surface area (Å²) in [5, 5.41) is 6.90. The van der Waals surface area contributed by atoms with Crippen LogP contribution < -0.4 is 10.6 Å². The van der Waals surface area contributed by atoms with Crippen molar-refractivity contribution in [3.63, 3.8) is 0 Å². The molecule has 2 N–H and O–H groups in total. The highest BCUT2D eigenvalue weighted by atomic mass is 79.9. The Balaban J connectivity index is 2.00. The van der Waals surface area contributed by atoms with Gasteiger partial charge in [-0.1, -0.05) is 31.9 Å². The van der Waals surface area contributed by atoms with Crippen molar-refractivity contribution in [2.24, 2.45) is 0 Å². The molecule has 11 heavy (non-hydrogen) atoms. The smallest absolute Gasteiger partial charge is 0.0459 e. The molecule has 4 heteroatoms. The fraction of sp³-hybridized carbons (Fsp3) is 1.00. The van der Waals surface area contributed by atoms with Gasteiger partial charge in [-0.05, 0) is 12.8 Å². The van der Waals surface area contributed by atoms with Crippen LogP contribution >= 0.6 is 31.9 Å². The normalized spacial score (nSPS) is 50.7. The molecule has 1 aliphatic heterocycles. The SMILES string of the molecule is BrC1CC2NCNC2CC1Br. The van der Waals surface area contributed by atoms with Gasteiger partial charge >= 0.3 is 0 Å². The number of fused-ring (bicyclic) bond motifs is 1. The zero-order valence-electron chi connectivity index (χ0n) is 6.19.